The molecule has 0 radical (unpaired) electrons. The molecule has 1 aromatic heterocycles. The van der Waals surface area contributed by atoms with Gasteiger partial charge in [-0.2, -0.15) is 0 Å². The molecule has 4 rings (SSSR count). The highest BCUT2D eigenvalue weighted by molar-refractivity contribution is 7.14. The van der Waals surface area contributed by atoms with Gasteiger partial charge in [-0.15, -0.1) is 11.3 Å². The number of anilines is 1. The van der Waals surface area contributed by atoms with Crippen molar-refractivity contribution in [3.63, 3.8) is 0 Å². The van der Waals surface area contributed by atoms with E-state index in [0.29, 0.717) is 41.1 Å². The second-order valence-corrected chi connectivity index (χ2v) is 6.51. The summed E-state index contributed by atoms with van der Waals surface area (Å²) < 4.78 is 11.1. The van der Waals surface area contributed by atoms with Gasteiger partial charge >= 0.3 is 0 Å². The first-order valence-electron chi connectivity index (χ1n) is 8.01. The van der Waals surface area contributed by atoms with Crippen molar-refractivity contribution in [2.24, 2.45) is 0 Å². The summed E-state index contributed by atoms with van der Waals surface area (Å²) in [5.74, 6) is 0.989. The number of non-ortho nitro benzene ring substituents is 1. The molecule has 0 saturated carbocycles. The van der Waals surface area contributed by atoms with Crippen molar-refractivity contribution in [3.05, 3.63) is 63.5 Å². The number of ether oxygens (including phenoxy) is 2. The van der Waals surface area contributed by atoms with Crippen molar-refractivity contribution in [2.45, 2.75) is 0 Å². The zero-order chi connectivity index (χ0) is 18.8. The number of amides is 1. The summed E-state index contributed by atoms with van der Waals surface area (Å²) in [6.45, 7) is 1.03. The van der Waals surface area contributed by atoms with Crippen LogP contribution >= 0.6 is 11.3 Å². The molecule has 0 bridgehead atoms. The van der Waals surface area contributed by atoms with Gasteiger partial charge in [-0.25, -0.2) is 4.98 Å². The van der Waals surface area contributed by atoms with E-state index in [0.717, 1.165) is 5.56 Å². The van der Waals surface area contributed by atoms with Crippen LogP contribution in [0.3, 0.4) is 0 Å². The third-order valence-corrected chi connectivity index (χ3v) is 4.66. The minimum atomic E-state index is -0.512. The lowest BCUT2D eigenvalue weighted by molar-refractivity contribution is -0.384. The highest BCUT2D eigenvalue weighted by Crippen LogP contribution is 2.35. The van der Waals surface area contributed by atoms with Gasteiger partial charge in [0.05, 0.1) is 10.6 Å². The van der Waals surface area contributed by atoms with E-state index in [9.17, 15) is 14.9 Å². The van der Waals surface area contributed by atoms with Gasteiger partial charge in [0.25, 0.3) is 11.6 Å². The van der Waals surface area contributed by atoms with Crippen LogP contribution in [-0.4, -0.2) is 29.0 Å². The fourth-order valence-corrected chi connectivity index (χ4v) is 3.28. The van der Waals surface area contributed by atoms with Gasteiger partial charge in [0, 0.05) is 28.6 Å². The van der Waals surface area contributed by atoms with Crippen LogP contribution in [0.2, 0.25) is 0 Å². The van der Waals surface area contributed by atoms with Crippen LogP contribution < -0.4 is 14.8 Å². The molecule has 136 valence electrons. The SMILES string of the molecule is O=C(Nc1nc(-c2ccc3c(c2)OCCO3)cs1)c1ccc([N+](=O)[O-])cc1. The number of hydrogen-bond donors (Lipinski definition) is 1. The largest absolute Gasteiger partial charge is 0.486 e. The molecule has 0 fully saturated rings. The number of rotatable bonds is 4. The maximum Gasteiger partial charge on any atom is 0.269 e. The van der Waals surface area contributed by atoms with Gasteiger partial charge < -0.3 is 9.47 Å². The van der Waals surface area contributed by atoms with Crippen molar-refractivity contribution in [1.82, 2.24) is 4.98 Å². The van der Waals surface area contributed by atoms with Crippen LogP contribution in [0.1, 0.15) is 10.4 Å². The average molecular weight is 383 g/mol. The summed E-state index contributed by atoms with van der Waals surface area (Å²) in [6.07, 6.45) is 0. The van der Waals surface area contributed by atoms with Crippen LogP contribution in [0.25, 0.3) is 11.3 Å². The number of nitro benzene ring substituents is 1. The van der Waals surface area contributed by atoms with Crippen LogP contribution in [-0.2, 0) is 0 Å². The third-order valence-electron chi connectivity index (χ3n) is 3.90. The maximum absolute atomic E-state index is 12.3. The number of nitrogens with one attached hydrogen (secondary N) is 1. The number of fused-ring (bicyclic) bond motifs is 1. The average Bonchev–Trinajstić information content (AvgIpc) is 3.16. The second-order valence-electron chi connectivity index (χ2n) is 5.65. The first kappa shape index (κ1) is 17.0. The van der Waals surface area contributed by atoms with Gasteiger partial charge in [-0.3, -0.25) is 20.2 Å². The molecule has 3 aromatic rings. The summed E-state index contributed by atoms with van der Waals surface area (Å²) >= 11 is 1.29. The number of thiazole rings is 1. The summed E-state index contributed by atoms with van der Waals surface area (Å²) in [5.41, 5.74) is 1.81. The second kappa shape index (κ2) is 7.04. The highest BCUT2D eigenvalue weighted by Gasteiger charge is 2.15. The van der Waals surface area contributed by atoms with Crippen LogP contribution in [0.5, 0.6) is 11.5 Å². The lowest BCUT2D eigenvalue weighted by Gasteiger charge is -2.18. The normalized spacial score (nSPS) is 12.4. The summed E-state index contributed by atoms with van der Waals surface area (Å²) in [7, 11) is 0. The summed E-state index contributed by atoms with van der Waals surface area (Å²) in [6, 6.07) is 11.0. The Labute approximate surface area is 157 Å². The Morgan fingerprint density at radius 2 is 1.85 bits per heavy atom. The number of nitro groups is 1. The Kier molecular flexibility index (Phi) is 4.43. The molecule has 1 amide bonds. The van der Waals surface area contributed by atoms with E-state index in [2.05, 4.69) is 10.3 Å². The number of carbonyl (C=O) groups is 1. The first-order valence-corrected chi connectivity index (χ1v) is 8.89. The van der Waals surface area contributed by atoms with Crippen molar-refractivity contribution < 1.29 is 19.2 Å². The van der Waals surface area contributed by atoms with E-state index in [1.54, 1.807) is 0 Å². The fraction of sp³-hybridized carbons (Fsp3) is 0.111. The predicted octanol–water partition coefficient (Wildman–Crippen LogP) is 3.74. The number of nitrogens with zero attached hydrogens (tertiary/aromatic N) is 2. The quantitative estimate of drug-likeness (QED) is 0.544. The Morgan fingerprint density at radius 1 is 1.11 bits per heavy atom. The van der Waals surface area contributed by atoms with E-state index in [1.165, 1.54) is 35.6 Å². The Bertz CT molecular complexity index is 1020. The van der Waals surface area contributed by atoms with E-state index in [1.807, 2.05) is 23.6 Å². The maximum atomic E-state index is 12.3. The van der Waals surface area contributed by atoms with Crippen LogP contribution in [0.4, 0.5) is 10.8 Å². The molecule has 0 atom stereocenters. The summed E-state index contributed by atoms with van der Waals surface area (Å²) in [4.78, 5) is 26.9. The Hall–Kier alpha value is -3.46. The number of aromatic nitrogens is 1. The molecule has 2 heterocycles. The predicted molar refractivity (Wildman–Crippen MR) is 99.6 cm³/mol. The van der Waals surface area contributed by atoms with Crippen molar-refractivity contribution in [1.29, 1.82) is 0 Å². The number of hydrogen-bond acceptors (Lipinski definition) is 7. The molecule has 0 saturated heterocycles. The van der Waals surface area contributed by atoms with Crippen molar-refractivity contribution in [2.75, 3.05) is 18.5 Å². The molecule has 27 heavy (non-hydrogen) atoms. The summed E-state index contributed by atoms with van der Waals surface area (Å²) in [5, 5.41) is 15.6. The fourth-order valence-electron chi connectivity index (χ4n) is 2.57. The molecule has 2 aromatic carbocycles. The zero-order valence-electron chi connectivity index (χ0n) is 13.9. The molecular formula is C18H13N3O5S. The lowest BCUT2D eigenvalue weighted by atomic mass is 10.1. The molecule has 0 unspecified atom stereocenters. The monoisotopic (exact) mass is 383 g/mol. The van der Waals surface area contributed by atoms with Gasteiger partial charge in [0.2, 0.25) is 0 Å². The highest BCUT2D eigenvalue weighted by atomic mass is 32.1. The standard InChI is InChI=1S/C18H13N3O5S/c22-17(11-1-4-13(5-2-11)21(23)24)20-18-19-14(10-27-18)12-3-6-15-16(9-12)26-8-7-25-15/h1-6,9-10H,7-8H2,(H,19,20,22). The zero-order valence-corrected chi connectivity index (χ0v) is 14.7. The lowest BCUT2D eigenvalue weighted by Crippen LogP contribution is -2.15. The Balaban J connectivity index is 1.49. The van der Waals surface area contributed by atoms with Gasteiger partial charge in [-0.1, -0.05) is 0 Å². The molecule has 1 N–H and O–H groups in total. The molecule has 0 aliphatic carbocycles. The van der Waals surface area contributed by atoms with E-state index < -0.39 is 4.92 Å². The van der Waals surface area contributed by atoms with Gasteiger partial charge in [-0.05, 0) is 30.3 Å². The van der Waals surface area contributed by atoms with Gasteiger partial charge in [0.15, 0.2) is 16.6 Å². The van der Waals surface area contributed by atoms with Crippen molar-refractivity contribution >= 4 is 28.1 Å². The minimum absolute atomic E-state index is 0.0679. The van der Waals surface area contributed by atoms with E-state index >= 15 is 0 Å². The van der Waals surface area contributed by atoms with E-state index in [-0.39, 0.29) is 11.6 Å². The molecule has 0 spiro atoms. The molecular weight excluding hydrogens is 370 g/mol. The topological polar surface area (TPSA) is 104 Å². The van der Waals surface area contributed by atoms with Crippen LogP contribution in [0.15, 0.2) is 47.8 Å². The molecule has 8 nitrogen and oxygen atoms in total. The minimum Gasteiger partial charge on any atom is -0.486 e. The van der Waals surface area contributed by atoms with Gasteiger partial charge in [0.1, 0.15) is 13.2 Å². The smallest absolute Gasteiger partial charge is 0.269 e. The number of carbonyl (C=O) groups excluding carboxylic acids is 1. The Morgan fingerprint density at radius 3 is 2.59 bits per heavy atom. The number of benzene rings is 2. The van der Waals surface area contributed by atoms with Crippen molar-refractivity contribution in [3.8, 4) is 22.8 Å². The third kappa shape index (κ3) is 3.58. The first-order chi connectivity index (χ1) is 13.1. The molecule has 1 aliphatic heterocycles. The van der Waals surface area contributed by atoms with Crippen LogP contribution in [0, 0.1) is 10.1 Å². The molecule has 9 heteroatoms. The van der Waals surface area contributed by atoms with E-state index in [4.69, 9.17) is 9.47 Å². The molecule has 1 aliphatic rings.